The SMILES string of the molecule is C[C@@H]1CCO1.O=CO. The molecule has 0 aromatic heterocycles. The highest BCUT2D eigenvalue weighted by atomic mass is 16.5. The van der Waals surface area contributed by atoms with Crippen LogP contribution in [0.5, 0.6) is 0 Å². The quantitative estimate of drug-likeness (QED) is 0.471. The number of hydrogen-bond donors (Lipinski definition) is 1. The molecule has 1 heterocycles. The molecule has 8 heavy (non-hydrogen) atoms. The van der Waals surface area contributed by atoms with Crippen LogP contribution < -0.4 is 0 Å². The normalized spacial score (nSPS) is 24.4. The van der Waals surface area contributed by atoms with Gasteiger partial charge >= 0.3 is 0 Å². The number of carbonyl (C=O) groups is 1. The highest BCUT2D eigenvalue weighted by Gasteiger charge is 2.09. The summed E-state index contributed by atoms with van der Waals surface area (Å²) in [7, 11) is 0. The van der Waals surface area contributed by atoms with Crippen LogP contribution in [0.4, 0.5) is 0 Å². The molecular weight excluding hydrogens is 108 g/mol. The molecule has 1 rings (SSSR count). The van der Waals surface area contributed by atoms with Crippen LogP contribution in [0.3, 0.4) is 0 Å². The Morgan fingerprint density at radius 3 is 2.12 bits per heavy atom. The Labute approximate surface area is 48.3 Å². The van der Waals surface area contributed by atoms with Gasteiger partial charge in [-0.05, 0) is 13.3 Å². The molecule has 0 amide bonds. The molecule has 0 spiro atoms. The highest BCUT2D eigenvalue weighted by molar-refractivity contribution is 5.32. The maximum atomic E-state index is 8.36. The van der Waals surface area contributed by atoms with Gasteiger partial charge in [0.1, 0.15) is 0 Å². The minimum absolute atomic E-state index is 0.250. The van der Waals surface area contributed by atoms with Gasteiger partial charge < -0.3 is 9.84 Å². The van der Waals surface area contributed by atoms with E-state index in [9.17, 15) is 0 Å². The fourth-order valence-corrected chi connectivity index (χ4v) is 0.354. The fraction of sp³-hybridized carbons (Fsp3) is 0.800. The van der Waals surface area contributed by atoms with E-state index in [-0.39, 0.29) is 6.47 Å². The standard InChI is InChI=1S/C4H8O.CH2O2/c1-4-2-3-5-4;2-1-3/h4H,2-3H2,1H3;1H,(H,2,3)/t4-;/m1./s1. The van der Waals surface area contributed by atoms with E-state index in [4.69, 9.17) is 14.6 Å². The summed E-state index contributed by atoms with van der Waals surface area (Å²) in [5.41, 5.74) is 0. The van der Waals surface area contributed by atoms with Crippen molar-refractivity contribution >= 4 is 6.47 Å². The molecule has 0 aromatic rings. The van der Waals surface area contributed by atoms with Crippen LogP contribution in [-0.2, 0) is 9.53 Å². The summed E-state index contributed by atoms with van der Waals surface area (Å²) in [5, 5.41) is 6.89. The van der Waals surface area contributed by atoms with E-state index in [0.29, 0.717) is 6.10 Å². The van der Waals surface area contributed by atoms with Crippen molar-refractivity contribution in [3.63, 3.8) is 0 Å². The molecule has 3 heteroatoms. The molecule has 0 bridgehead atoms. The van der Waals surface area contributed by atoms with E-state index in [2.05, 4.69) is 6.92 Å². The Balaban J connectivity index is 0.000000145. The molecule has 3 nitrogen and oxygen atoms in total. The van der Waals surface area contributed by atoms with E-state index in [1.165, 1.54) is 6.42 Å². The van der Waals surface area contributed by atoms with Crippen LogP contribution in [0.1, 0.15) is 13.3 Å². The second-order valence-electron chi connectivity index (χ2n) is 1.58. The van der Waals surface area contributed by atoms with Gasteiger partial charge in [-0.3, -0.25) is 4.79 Å². The molecule has 0 saturated carbocycles. The van der Waals surface area contributed by atoms with Crippen LogP contribution in [-0.4, -0.2) is 24.3 Å². The summed E-state index contributed by atoms with van der Waals surface area (Å²) in [6.45, 7) is 2.82. The third kappa shape index (κ3) is 3.61. The number of rotatable bonds is 0. The van der Waals surface area contributed by atoms with Gasteiger partial charge in [-0.25, -0.2) is 0 Å². The maximum Gasteiger partial charge on any atom is 0.290 e. The summed E-state index contributed by atoms with van der Waals surface area (Å²) < 4.78 is 4.93. The third-order valence-electron chi connectivity index (χ3n) is 0.927. The number of hydrogen-bond acceptors (Lipinski definition) is 2. The molecule has 1 aliphatic heterocycles. The minimum Gasteiger partial charge on any atom is -0.483 e. The summed E-state index contributed by atoms with van der Waals surface area (Å²) in [4.78, 5) is 8.36. The van der Waals surface area contributed by atoms with Gasteiger partial charge in [0.05, 0.1) is 6.10 Å². The second kappa shape index (κ2) is 4.59. The highest BCUT2D eigenvalue weighted by Crippen LogP contribution is 2.07. The molecule has 48 valence electrons. The zero-order valence-electron chi connectivity index (χ0n) is 4.83. The molecule has 1 saturated heterocycles. The van der Waals surface area contributed by atoms with Crippen LogP contribution in [0.15, 0.2) is 0 Å². The zero-order chi connectivity index (χ0) is 6.41. The summed E-state index contributed by atoms with van der Waals surface area (Å²) >= 11 is 0. The third-order valence-corrected chi connectivity index (χ3v) is 0.927. The maximum absolute atomic E-state index is 8.36. The van der Waals surface area contributed by atoms with Gasteiger partial charge in [0.25, 0.3) is 6.47 Å². The van der Waals surface area contributed by atoms with Crippen molar-refractivity contribution in [3.8, 4) is 0 Å². The van der Waals surface area contributed by atoms with Crippen molar-refractivity contribution in [2.75, 3.05) is 6.61 Å². The lowest BCUT2D eigenvalue weighted by Crippen LogP contribution is -2.22. The van der Waals surface area contributed by atoms with E-state index >= 15 is 0 Å². The van der Waals surface area contributed by atoms with E-state index in [1.807, 2.05) is 0 Å². The molecule has 1 aliphatic rings. The first-order valence-electron chi connectivity index (χ1n) is 2.50. The second-order valence-corrected chi connectivity index (χ2v) is 1.58. The fourth-order valence-electron chi connectivity index (χ4n) is 0.354. The van der Waals surface area contributed by atoms with Crippen LogP contribution >= 0.6 is 0 Å². The predicted molar refractivity (Wildman–Crippen MR) is 28.7 cm³/mol. The van der Waals surface area contributed by atoms with E-state index in [1.54, 1.807) is 0 Å². The molecular formula is C5H10O3. The zero-order valence-corrected chi connectivity index (χ0v) is 4.83. The lowest BCUT2D eigenvalue weighted by atomic mass is 10.2. The lowest BCUT2D eigenvalue weighted by Gasteiger charge is -2.20. The smallest absolute Gasteiger partial charge is 0.290 e. The average molecular weight is 118 g/mol. The summed E-state index contributed by atoms with van der Waals surface area (Å²) in [6.07, 6.45) is 1.83. The van der Waals surface area contributed by atoms with Crippen molar-refractivity contribution in [2.45, 2.75) is 19.4 Å². The first-order valence-corrected chi connectivity index (χ1v) is 2.50. The minimum atomic E-state index is -0.250. The topological polar surface area (TPSA) is 46.5 Å². The van der Waals surface area contributed by atoms with Crippen molar-refractivity contribution in [3.05, 3.63) is 0 Å². The van der Waals surface area contributed by atoms with Crippen molar-refractivity contribution < 1.29 is 14.6 Å². The van der Waals surface area contributed by atoms with Gasteiger partial charge in [-0.1, -0.05) is 0 Å². The summed E-state index contributed by atoms with van der Waals surface area (Å²) in [5.74, 6) is 0. The predicted octanol–water partition coefficient (Wildman–Crippen LogP) is 0.496. The lowest BCUT2D eigenvalue weighted by molar-refractivity contribution is -0.122. The van der Waals surface area contributed by atoms with Crippen molar-refractivity contribution in [1.82, 2.24) is 0 Å². The largest absolute Gasteiger partial charge is 0.483 e. The Bertz CT molecular complexity index is 58.7. The van der Waals surface area contributed by atoms with Crippen LogP contribution in [0.2, 0.25) is 0 Å². The molecule has 1 atom stereocenters. The Kier molecular flexibility index (Phi) is 4.26. The first kappa shape index (κ1) is 7.43. The Hall–Kier alpha value is -0.570. The van der Waals surface area contributed by atoms with Gasteiger partial charge in [0, 0.05) is 6.61 Å². The molecule has 0 radical (unpaired) electrons. The Morgan fingerprint density at radius 2 is 2.12 bits per heavy atom. The number of carboxylic acid groups (broad SMARTS) is 1. The van der Waals surface area contributed by atoms with Crippen molar-refractivity contribution in [1.29, 1.82) is 0 Å². The van der Waals surface area contributed by atoms with Crippen LogP contribution in [0.25, 0.3) is 0 Å². The van der Waals surface area contributed by atoms with Crippen molar-refractivity contribution in [2.24, 2.45) is 0 Å². The van der Waals surface area contributed by atoms with Gasteiger partial charge in [0.2, 0.25) is 0 Å². The van der Waals surface area contributed by atoms with E-state index < -0.39 is 0 Å². The first-order chi connectivity index (χ1) is 3.81. The molecule has 1 fully saturated rings. The Morgan fingerprint density at radius 1 is 1.88 bits per heavy atom. The molecule has 0 aliphatic carbocycles. The molecule has 0 aromatic carbocycles. The van der Waals surface area contributed by atoms with Crippen LogP contribution in [0, 0.1) is 0 Å². The average Bonchev–Trinajstić information content (AvgIpc) is 1.64. The number of ether oxygens (including phenoxy) is 1. The van der Waals surface area contributed by atoms with E-state index in [0.717, 1.165) is 6.61 Å². The molecule has 0 unspecified atom stereocenters. The molecule has 1 N–H and O–H groups in total. The van der Waals surface area contributed by atoms with Gasteiger partial charge in [0.15, 0.2) is 0 Å². The van der Waals surface area contributed by atoms with Gasteiger partial charge in [-0.15, -0.1) is 0 Å². The summed E-state index contributed by atoms with van der Waals surface area (Å²) in [6, 6.07) is 0. The van der Waals surface area contributed by atoms with Gasteiger partial charge in [-0.2, -0.15) is 0 Å². The monoisotopic (exact) mass is 118 g/mol.